The van der Waals surface area contributed by atoms with E-state index in [4.69, 9.17) is 11.2 Å². The van der Waals surface area contributed by atoms with Crippen molar-refractivity contribution < 1.29 is 24.2 Å². The number of terminal acetylenes is 1. The van der Waals surface area contributed by atoms with Crippen molar-refractivity contribution in [3.05, 3.63) is 71.3 Å². The highest BCUT2D eigenvalue weighted by atomic mass is 32.2. The Morgan fingerprint density at radius 2 is 1.74 bits per heavy atom. The Balaban J connectivity index is 2.17. The molecule has 0 aliphatic carbocycles. The maximum Gasteiger partial charge on any atom is 0.408 e. The summed E-state index contributed by atoms with van der Waals surface area (Å²) >= 11 is 1.46. The minimum Gasteiger partial charge on any atom is -0.433 e. The molecule has 3 atom stereocenters. The number of aliphatic hydroxyl groups is 1. The van der Waals surface area contributed by atoms with Crippen molar-refractivity contribution in [2.75, 3.05) is 12.4 Å². The summed E-state index contributed by atoms with van der Waals surface area (Å²) in [6.07, 6.45) is 2.21. The van der Waals surface area contributed by atoms with Gasteiger partial charge in [-0.3, -0.25) is 9.59 Å². The molecule has 38 heavy (non-hydrogen) atoms. The van der Waals surface area contributed by atoms with Gasteiger partial charge in [-0.25, -0.2) is 4.79 Å². The predicted molar refractivity (Wildman–Crippen MR) is 150 cm³/mol. The van der Waals surface area contributed by atoms with E-state index < -0.39 is 30.3 Å². The molecule has 0 spiro atoms. The van der Waals surface area contributed by atoms with Gasteiger partial charge in [0.1, 0.15) is 6.54 Å². The fourth-order valence-corrected chi connectivity index (χ4v) is 4.20. The van der Waals surface area contributed by atoms with Crippen molar-refractivity contribution in [1.29, 1.82) is 0 Å². The average Bonchev–Trinajstić information content (AvgIpc) is 2.89. The van der Waals surface area contributed by atoms with Gasteiger partial charge < -0.3 is 25.4 Å². The predicted octanol–water partition coefficient (Wildman–Crippen LogP) is 3.26. The maximum absolute atomic E-state index is 13.5. The van der Waals surface area contributed by atoms with Crippen LogP contribution in [0, 0.1) is 19.3 Å². The summed E-state index contributed by atoms with van der Waals surface area (Å²) in [5, 5.41) is 16.7. The van der Waals surface area contributed by atoms with Gasteiger partial charge in [-0.15, -0.1) is 18.2 Å². The lowest BCUT2D eigenvalue weighted by Crippen LogP contribution is -2.54. The SMILES string of the molecule is C#CC(C)OC(=O)N[C@@H](Cc1ccccc1)[C@H](O)C(=O)N(CSC(C)C)CC(=O)NCc1ccccc1C. The smallest absolute Gasteiger partial charge is 0.408 e. The van der Waals surface area contributed by atoms with Crippen molar-refractivity contribution in [3.8, 4) is 12.3 Å². The Morgan fingerprint density at radius 3 is 2.37 bits per heavy atom. The number of hydrogen-bond donors (Lipinski definition) is 3. The van der Waals surface area contributed by atoms with E-state index in [2.05, 4.69) is 16.6 Å². The highest BCUT2D eigenvalue weighted by molar-refractivity contribution is 7.99. The highest BCUT2D eigenvalue weighted by Crippen LogP contribution is 2.15. The van der Waals surface area contributed by atoms with Crippen LogP contribution in [0.1, 0.15) is 37.5 Å². The fourth-order valence-electron chi connectivity index (χ4n) is 3.51. The van der Waals surface area contributed by atoms with Gasteiger partial charge in [-0.2, -0.15) is 0 Å². The van der Waals surface area contributed by atoms with Crippen LogP contribution >= 0.6 is 11.8 Å². The van der Waals surface area contributed by atoms with Gasteiger partial charge >= 0.3 is 6.09 Å². The lowest BCUT2D eigenvalue weighted by atomic mass is 10.0. The van der Waals surface area contributed by atoms with Gasteiger partial charge in [0.05, 0.1) is 11.9 Å². The van der Waals surface area contributed by atoms with Crippen molar-refractivity contribution in [1.82, 2.24) is 15.5 Å². The number of hydrogen-bond acceptors (Lipinski definition) is 6. The highest BCUT2D eigenvalue weighted by Gasteiger charge is 2.33. The average molecular weight is 540 g/mol. The third-order valence-electron chi connectivity index (χ3n) is 5.70. The minimum atomic E-state index is -1.62. The molecule has 3 amide bonds. The first-order valence-electron chi connectivity index (χ1n) is 12.5. The van der Waals surface area contributed by atoms with Crippen molar-refractivity contribution in [3.63, 3.8) is 0 Å². The number of ether oxygens (including phenoxy) is 1. The standard InChI is InChI=1S/C29H37N3O5S/c1-6-22(5)37-29(36)31-25(16-23-13-8-7-9-14-23)27(34)28(35)32(19-38-20(2)3)18-26(33)30-17-24-15-11-10-12-21(24)4/h1,7-15,20,22,25,27,34H,16-19H2,2-5H3,(H,30,33)(H,31,36)/t22?,25-,27-/m0/s1. The molecular weight excluding hydrogens is 502 g/mol. The third-order valence-corrected chi connectivity index (χ3v) is 6.83. The van der Waals surface area contributed by atoms with Crippen LogP contribution in [0.25, 0.3) is 0 Å². The molecule has 0 fully saturated rings. The van der Waals surface area contributed by atoms with Crippen LogP contribution in [0.3, 0.4) is 0 Å². The molecule has 0 heterocycles. The Labute approximate surface area is 229 Å². The number of aryl methyl sites for hydroxylation is 1. The van der Waals surface area contributed by atoms with Gasteiger partial charge in [0, 0.05) is 11.8 Å². The summed E-state index contributed by atoms with van der Waals surface area (Å²) in [6.45, 7) is 7.54. The first-order chi connectivity index (χ1) is 18.1. The van der Waals surface area contributed by atoms with Gasteiger partial charge in [-0.1, -0.05) is 74.4 Å². The second-order valence-electron chi connectivity index (χ2n) is 9.18. The minimum absolute atomic E-state index is 0.165. The molecule has 9 heteroatoms. The molecule has 0 aliphatic heterocycles. The Hall–Kier alpha value is -3.48. The summed E-state index contributed by atoms with van der Waals surface area (Å²) in [5.41, 5.74) is 2.82. The largest absolute Gasteiger partial charge is 0.433 e. The topological polar surface area (TPSA) is 108 Å². The molecule has 0 radical (unpaired) electrons. The van der Waals surface area contributed by atoms with E-state index in [0.717, 1.165) is 16.7 Å². The number of carbonyl (C=O) groups excluding carboxylic acids is 3. The van der Waals surface area contributed by atoms with E-state index in [9.17, 15) is 19.5 Å². The zero-order chi connectivity index (χ0) is 28.1. The molecule has 2 aromatic carbocycles. The third kappa shape index (κ3) is 10.5. The first-order valence-corrected chi connectivity index (χ1v) is 13.5. The van der Waals surface area contributed by atoms with E-state index in [0.29, 0.717) is 6.54 Å². The number of nitrogens with one attached hydrogen (secondary N) is 2. The zero-order valence-corrected chi connectivity index (χ0v) is 23.2. The van der Waals surface area contributed by atoms with E-state index in [1.165, 1.54) is 23.6 Å². The van der Waals surface area contributed by atoms with E-state index in [1.54, 1.807) is 0 Å². The molecule has 1 unspecified atom stereocenters. The number of amides is 3. The summed E-state index contributed by atoms with van der Waals surface area (Å²) in [5.74, 6) is 1.47. The number of carbonyl (C=O) groups is 3. The van der Waals surface area contributed by atoms with Gasteiger partial charge in [-0.05, 0) is 37.0 Å². The fraction of sp³-hybridized carbons (Fsp3) is 0.414. The lowest BCUT2D eigenvalue weighted by Gasteiger charge is -2.29. The maximum atomic E-state index is 13.5. The quantitative estimate of drug-likeness (QED) is 0.266. The molecule has 0 aromatic heterocycles. The van der Waals surface area contributed by atoms with E-state index >= 15 is 0 Å². The summed E-state index contributed by atoms with van der Waals surface area (Å²) < 4.78 is 5.09. The number of nitrogens with zero attached hydrogens (tertiary/aromatic N) is 1. The van der Waals surface area contributed by atoms with Crippen LogP contribution in [-0.4, -0.2) is 63.8 Å². The molecule has 3 N–H and O–H groups in total. The molecule has 0 bridgehead atoms. The van der Waals surface area contributed by atoms with Gasteiger partial charge in [0.15, 0.2) is 12.2 Å². The van der Waals surface area contributed by atoms with Crippen LogP contribution in [0.4, 0.5) is 4.79 Å². The normalized spacial score (nSPS) is 13.1. The first kappa shape index (κ1) is 30.7. The van der Waals surface area contributed by atoms with Crippen LogP contribution < -0.4 is 10.6 Å². The molecule has 0 saturated heterocycles. The van der Waals surface area contributed by atoms with Gasteiger partial charge in [0.2, 0.25) is 5.91 Å². The number of rotatable bonds is 13. The second-order valence-corrected chi connectivity index (χ2v) is 10.7. The van der Waals surface area contributed by atoms with Crippen molar-refractivity contribution in [2.45, 2.75) is 64.2 Å². The monoisotopic (exact) mass is 539 g/mol. The number of benzene rings is 2. The van der Waals surface area contributed by atoms with Crippen molar-refractivity contribution >= 4 is 29.7 Å². The lowest BCUT2D eigenvalue weighted by molar-refractivity contribution is -0.143. The van der Waals surface area contributed by atoms with Crippen LogP contribution in [0.5, 0.6) is 0 Å². The Kier molecular flexibility index (Phi) is 12.7. The molecule has 8 nitrogen and oxygen atoms in total. The Morgan fingerprint density at radius 1 is 1.08 bits per heavy atom. The molecule has 0 saturated carbocycles. The Bertz CT molecular complexity index is 1100. The van der Waals surface area contributed by atoms with Crippen LogP contribution in [0.2, 0.25) is 0 Å². The van der Waals surface area contributed by atoms with Crippen LogP contribution in [-0.2, 0) is 27.3 Å². The molecular formula is C29H37N3O5S. The molecule has 0 aliphatic rings. The summed E-state index contributed by atoms with van der Waals surface area (Å²) in [4.78, 5) is 40.0. The zero-order valence-electron chi connectivity index (χ0n) is 22.3. The summed E-state index contributed by atoms with van der Waals surface area (Å²) in [7, 11) is 0. The van der Waals surface area contributed by atoms with Gasteiger partial charge in [0.25, 0.3) is 5.91 Å². The summed E-state index contributed by atoms with van der Waals surface area (Å²) in [6, 6.07) is 15.8. The molecule has 2 rings (SSSR count). The van der Waals surface area contributed by atoms with E-state index in [1.807, 2.05) is 75.4 Å². The van der Waals surface area contributed by atoms with Crippen LogP contribution in [0.15, 0.2) is 54.6 Å². The number of thioether (sulfide) groups is 1. The van der Waals surface area contributed by atoms with E-state index in [-0.39, 0.29) is 30.0 Å². The number of aliphatic hydroxyl groups excluding tert-OH is 1. The second kappa shape index (κ2) is 15.7. The molecule has 2 aromatic rings. The molecule has 204 valence electrons. The van der Waals surface area contributed by atoms with Crippen molar-refractivity contribution in [2.24, 2.45) is 0 Å². The number of alkyl carbamates (subject to hydrolysis) is 1.